The maximum atomic E-state index is 12.4. The molecule has 1 N–H and O–H groups in total. The minimum atomic E-state index is -0.338. The van der Waals surface area contributed by atoms with Crippen LogP contribution in [0.4, 0.5) is 5.69 Å². The van der Waals surface area contributed by atoms with Gasteiger partial charge in [-0.15, -0.1) is 0 Å². The Balaban J connectivity index is 2.06. The molecular weight excluding hydrogens is 316 g/mol. The number of ether oxygens (including phenoxy) is 2. The third-order valence-corrected chi connectivity index (χ3v) is 4.24. The number of para-hydroxylation sites is 1. The van der Waals surface area contributed by atoms with Crippen LogP contribution in [-0.4, -0.2) is 27.2 Å². The number of nitrogens with one attached hydrogen (secondary N) is 1. The minimum absolute atomic E-state index is 0.116. The van der Waals surface area contributed by atoms with E-state index in [-0.39, 0.29) is 12.1 Å². The largest absolute Gasteiger partial charge is 0.493 e. The molecule has 0 radical (unpaired) electrons. The zero-order valence-corrected chi connectivity index (χ0v) is 13.8. The molecule has 5 nitrogen and oxygen atoms in total. The summed E-state index contributed by atoms with van der Waals surface area (Å²) in [7, 11) is 5.01. The van der Waals surface area contributed by atoms with Crippen LogP contribution in [0.25, 0.3) is 0 Å². The highest BCUT2D eigenvalue weighted by atomic mass is 35.5. The van der Waals surface area contributed by atoms with Crippen molar-refractivity contribution in [3.05, 3.63) is 52.5 Å². The smallest absolute Gasteiger partial charge is 0.255 e. The zero-order valence-electron chi connectivity index (χ0n) is 13.1. The summed E-state index contributed by atoms with van der Waals surface area (Å²) in [6.07, 6.45) is -0.338. The molecule has 0 unspecified atom stereocenters. The van der Waals surface area contributed by atoms with E-state index in [1.54, 1.807) is 19.2 Å². The van der Waals surface area contributed by atoms with Gasteiger partial charge >= 0.3 is 0 Å². The number of halogens is 1. The monoisotopic (exact) mass is 332 g/mol. The van der Waals surface area contributed by atoms with Crippen molar-refractivity contribution in [2.45, 2.75) is 6.17 Å². The van der Waals surface area contributed by atoms with Gasteiger partial charge in [0.2, 0.25) is 0 Å². The van der Waals surface area contributed by atoms with Gasteiger partial charge in [0.15, 0.2) is 11.5 Å². The second-order valence-electron chi connectivity index (χ2n) is 5.24. The molecule has 0 spiro atoms. The van der Waals surface area contributed by atoms with Gasteiger partial charge in [0.05, 0.1) is 30.5 Å². The SMILES string of the molecule is COc1cc([C@H]2NC(=O)c3ccccc3N2C)cc(Cl)c1OC. The van der Waals surface area contributed by atoms with Crippen molar-refractivity contribution in [2.75, 3.05) is 26.2 Å². The first-order valence-corrected chi connectivity index (χ1v) is 7.48. The topological polar surface area (TPSA) is 50.8 Å². The maximum absolute atomic E-state index is 12.4. The Morgan fingerprint density at radius 1 is 1.17 bits per heavy atom. The fourth-order valence-electron chi connectivity index (χ4n) is 2.81. The summed E-state index contributed by atoms with van der Waals surface area (Å²) in [5.74, 6) is 0.884. The number of amides is 1. The van der Waals surface area contributed by atoms with Crippen LogP contribution in [0.5, 0.6) is 11.5 Å². The van der Waals surface area contributed by atoms with E-state index in [4.69, 9.17) is 21.1 Å². The van der Waals surface area contributed by atoms with E-state index >= 15 is 0 Å². The van der Waals surface area contributed by atoms with Gasteiger partial charge in [-0.05, 0) is 24.3 Å². The number of hydrogen-bond donors (Lipinski definition) is 1. The third kappa shape index (κ3) is 2.57. The van der Waals surface area contributed by atoms with Crippen LogP contribution in [0.1, 0.15) is 22.1 Å². The molecule has 3 rings (SSSR count). The van der Waals surface area contributed by atoms with Gasteiger partial charge in [-0.1, -0.05) is 23.7 Å². The second-order valence-corrected chi connectivity index (χ2v) is 5.65. The Morgan fingerprint density at radius 3 is 2.61 bits per heavy atom. The summed E-state index contributed by atoms with van der Waals surface area (Å²) in [6.45, 7) is 0. The van der Waals surface area contributed by atoms with E-state index in [2.05, 4.69) is 5.32 Å². The molecule has 1 aliphatic rings. The molecule has 1 aliphatic heterocycles. The highest BCUT2D eigenvalue weighted by Gasteiger charge is 2.30. The molecule has 0 fully saturated rings. The van der Waals surface area contributed by atoms with Gasteiger partial charge in [-0.2, -0.15) is 0 Å². The molecule has 6 heteroatoms. The Bertz CT molecular complexity index is 763. The van der Waals surface area contributed by atoms with E-state index in [1.165, 1.54) is 7.11 Å². The number of fused-ring (bicyclic) bond motifs is 1. The molecule has 23 heavy (non-hydrogen) atoms. The Labute approximate surface area is 139 Å². The van der Waals surface area contributed by atoms with E-state index < -0.39 is 0 Å². The summed E-state index contributed by atoms with van der Waals surface area (Å²) < 4.78 is 10.6. The maximum Gasteiger partial charge on any atom is 0.255 e. The summed E-state index contributed by atoms with van der Waals surface area (Å²) in [5, 5.41) is 3.42. The second kappa shape index (κ2) is 6.01. The fourth-order valence-corrected chi connectivity index (χ4v) is 3.11. The number of carbonyl (C=O) groups is 1. The van der Waals surface area contributed by atoms with Crippen molar-refractivity contribution in [2.24, 2.45) is 0 Å². The molecule has 0 aromatic heterocycles. The molecule has 0 saturated carbocycles. The standard InChI is InChI=1S/C17H17ClN2O3/c1-20-13-7-5-4-6-11(13)17(21)19-16(20)10-8-12(18)15(23-3)14(9-10)22-2/h4-9,16H,1-3H3,(H,19,21)/t16-/m0/s1. The Morgan fingerprint density at radius 2 is 1.91 bits per heavy atom. The molecule has 1 atom stereocenters. The summed E-state index contributed by atoms with van der Waals surface area (Å²) in [6, 6.07) is 11.1. The predicted octanol–water partition coefficient (Wildman–Crippen LogP) is 3.24. The van der Waals surface area contributed by atoms with Crippen molar-refractivity contribution in [1.82, 2.24) is 5.32 Å². The molecule has 2 aromatic rings. The molecule has 2 aromatic carbocycles. The van der Waals surface area contributed by atoms with Crippen LogP contribution in [0.3, 0.4) is 0 Å². The molecule has 1 amide bonds. The number of anilines is 1. The number of methoxy groups -OCH3 is 2. The minimum Gasteiger partial charge on any atom is -0.493 e. The van der Waals surface area contributed by atoms with E-state index in [0.29, 0.717) is 22.1 Å². The van der Waals surface area contributed by atoms with Crippen LogP contribution in [-0.2, 0) is 0 Å². The lowest BCUT2D eigenvalue weighted by Gasteiger charge is -2.36. The lowest BCUT2D eigenvalue weighted by atomic mass is 10.0. The first-order valence-electron chi connectivity index (χ1n) is 7.11. The highest BCUT2D eigenvalue weighted by molar-refractivity contribution is 6.32. The molecule has 0 bridgehead atoms. The zero-order chi connectivity index (χ0) is 16.6. The Kier molecular flexibility index (Phi) is 4.05. The first kappa shape index (κ1) is 15.5. The van der Waals surface area contributed by atoms with Crippen molar-refractivity contribution in [3.63, 3.8) is 0 Å². The van der Waals surface area contributed by atoms with Crippen LogP contribution in [0.15, 0.2) is 36.4 Å². The predicted molar refractivity (Wildman–Crippen MR) is 89.6 cm³/mol. The number of benzene rings is 2. The van der Waals surface area contributed by atoms with E-state index in [0.717, 1.165) is 11.3 Å². The number of rotatable bonds is 3. The van der Waals surface area contributed by atoms with Crippen molar-refractivity contribution < 1.29 is 14.3 Å². The number of hydrogen-bond acceptors (Lipinski definition) is 4. The highest BCUT2D eigenvalue weighted by Crippen LogP contribution is 2.40. The molecule has 1 heterocycles. The molecule has 0 saturated heterocycles. The lowest BCUT2D eigenvalue weighted by molar-refractivity contribution is 0.0928. The van der Waals surface area contributed by atoms with Gasteiger partial charge < -0.3 is 19.7 Å². The van der Waals surface area contributed by atoms with E-state index in [9.17, 15) is 4.79 Å². The average molecular weight is 333 g/mol. The molecule has 0 aliphatic carbocycles. The van der Waals surface area contributed by atoms with Gasteiger partial charge in [-0.25, -0.2) is 0 Å². The Hall–Kier alpha value is -2.40. The van der Waals surface area contributed by atoms with Crippen LogP contribution < -0.4 is 19.7 Å². The van der Waals surface area contributed by atoms with Gasteiger partial charge in [0, 0.05) is 12.6 Å². The van der Waals surface area contributed by atoms with Crippen molar-refractivity contribution >= 4 is 23.2 Å². The molecular formula is C17H17ClN2O3. The van der Waals surface area contributed by atoms with Crippen LogP contribution in [0, 0.1) is 0 Å². The normalized spacial score (nSPS) is 16.6. The van der Waals surface area contributed by atoms with Gasteiger partial charge in [0.1, 0.15) is 6.17 Å². The average Bonchev–Trinajstić information content (AvgIpc) is 2.57. The molecule has 120 valence electrons. The van der Waals surface area contributed by atoms with Crippen molar-refractivity contribution in [3.8, 4) is 11.5 Å². The summed E-state index contributed by atoms with van der Waals surface area (Å²) in [4.78, 5) is 14.3. The van der Waals surface area contributed by atoms with Gasteiger partial charge in [-0.3, -0.25) is 4.79 Å². The lowest BCUT2D eigenvalue weighted by Crippen LogP contribution is -2.44. The van der Waals surface area contributed by atoms with Crippen molar-refractivity contribution in [1.29, 1.82) is 0 Å². The van der Waals surface area contributed by atoms with Crippen LogP contribution >= 0.6 is 11.6 Å². The number of nitrogens with zero attached hydrogens (tertiary/aromatic N) is 1. The number of carbonyl (C=O) groups excluding carboxylic acids is 1. The van der Waals surface area contributed by atoms with E-state index in [1.807, 2.05) is 36.2 Å². The quantitative estimate of drug-likeness (QED) is 0.937. The van der Waals surface area contributed by atoms with Gasteiger partial charge in [0.25, 0.3) is 5.91 Å². The van der Waals surface area contributed by atoms with Crippen LogP contribution in [0.2, 0.25) is 5.02 Å². The summed E-state index contributed by atoms with van der Waals surface area (Å²) >= 11 is 6.28. The fraction of sp³-hybridized carbons (Fsp3) is 0.235. The first-order chi connectivity index (χ1) is 11.1. The summed E-state index contributed by atoms with van der Waals surface area (Å²) in [5.41, 5.74) is 2.34. The third-order valence-electron chi connectivity index (χ3n) is 3.96.